The number of rotatable bonds is 49. The van der Waals surface area contributed by atoms with Gasteiger partial charge in [0.05, 0.1) is 40.3 Å². The second-order valence-electron chi connectivity index (χ2n) is 19.1. The van der Waals surface area contributed by atoms with Crippen molar-refractivity contribution in [2.45, 2.75) is 219 Å². The fourth-order valence-corrected chi connectivity index (χ4v) is 7.14. The van der Waals surface area contributed by atoms with Crippen molar-refractivity contribution in [3.05, 3.63) is 97.2 Å². The molecular weight excluding hydrogens is 863 g/mol. The maximum absolute atomic E-state index is 12.7. The molecule has 2 atom stereocenters. The Hall–Kier alpha value is -3.79. The lowest BCUT2D eigenvalue weighted by Crippen LogP contribution is -2.44. The molecule has 0 aliphatic rings. The van der Waals surface area contributed by atoms with Crippen molar-refractivity contribution in [1.82, 2.24) is 0 Å². The van der Waals surface area contributed by atoms with E-state index in [9.17, 15) is 19.5 Å². The minimum Gasteiger partial charge on any atom is -0.545 e. The van der Waals surface area contributed by atoms with E-state index in [-0.39, 0.29) is 38.6 Å². The highest BCUT2D eigenvalue weighted by atomic mass is 16.7. The quantitative estimate of drug-likeness (QED) is 0.0195. The van der Waals surface area contributed by atoms with Gasteiger partial charge < -0.3 is 33.3 Å². The largest absolute Gasteiger partial charge is 0.545 e. The summed E-state index contributed by atoms with van der Waals surface area (Å²) in [6, 6.07) is 0. The molecule has 0 radical (unpaired) electrons. The van der Waals surface area contributed by atoms with Gasteiger partial charge in [0, 0.05) is 12.8 Å². The van der Waals surface area contributed by atoms with Crippen LogP contribution in [0.4, 0.5) is 0 Å². The number of ether oxygens (including phenoxy) is 4. The average molecular weight is 964 g/mol. The molecule has 0 N–H and O–H groups in total. The highest BCUT2D eigenvalue weighted by Crippen LogP contribution is 2.15. The Kier molecular flexibility index (Phi) is 47.8. The van der Waals surface area contributed by atoms with Gasteiger partial charge in [-0.15, -0.1) is 0 Å². The van der Waals surface area contributed by atoms with Gasteiger partial charge in [0.2, 0.25) is 0 Å². The first-order chi connectivity index (χ1) is 33.6. The number of hydrogen-bond acceptors (Lipinski definition) is 8. The number of unbranched alkanes of at least 4 members (excludes halogenated alkanes) is 18. The molecule has 0 heterocycles. The lowest BCUT2D eigenvalue weighted by molar-refractivity contribution is -0.870. The minimum atomic E-state index is -1.62. The molecule has 0 saturated carbocycles. The molecule has 0 aromatic carbocycles. The molecule has 0 aliphatic heterocycles. The Morgan fingerprint density at radius 1 is 0.449 bits per heavy atom. The zero-order valence-electron chi connectivity index (χ0n) is 44.6. The highest BCUT2D eigenvalue weighted by molar-refractivity contribution is 5.70. The number of carbonyl (C=O) groups excluding carboxylic acids is 3. The van der Waals surface area contributed by atoms with Crippen LogP contribution in [-0.4, -0.2) is 82.3 Å². The molecule has 0 spiro atoms. The Balaban J connectivity index is 3.93. The summed E-state index contributed by atoms with van der Waals surface area (Å²) in [5, 5.41) is 11.7. The first kappa shape index (κ1) is 65.2. The van der Waals surface area contributed by atoms with Crippen LogP contribution in [0.2, 0.25) is 0 Å². The molecule has 9 heteroatoms. The SMILES string of the molecule is CC/C=C\C/C=C\C/C=C\C/C=C\C/C=C\C/C=C\C/C=C\C/C=C\CCCCCCCCCCCCCCCCC(=O)OC(COC(=O)CCCCCCC)COC(OCC[N+](C)(C)C)C(=O)[O-]. The second-order valence-corrected chi connectivity index (χ2v) is 19.1. The van der Waals surface area contributed by atoms with Crippen molar-refractivity contribution in [1.29, 1.82) is 0 Å². The Morgan fingerprint density at radius 3 is 1.23 bits per heavy atom. The van der Waals surface area contributed by atoms with Crippen LogP contribution < -0.4 is 5.11 Å². The molecule has 0 rings (SSSR count). The van der Waals surface area contributed by atoms with Crippen molar-refractivity contribution in [2.75, 3.05) is 47.5 Å². The molecule has 0 fully saturated rings. The summed E-state index contributed by atoms with van der Waals surface area (Å²) >= 11 is 0. The van der Waals surface area contributed by atoms with Gasteiger partial charge in [-0.25, -0.2) is 0 Å². The van der Waals surface area contributed by atoms with Crippen molar-refractivity contribution >= 4 is 17.9 Å². The van der Waals surface area contributed by atoms with E-state index in [2.05, 4.69) is 111 Å². The summed E-state index contributed by atoms with van der Waals surface area (Å²) in [6.45, 7) is 4.52. The predicted molar refractivity (Wildman–Crippen MR) is 287 cm³/mol. The van der Waals surface area contributed by atoms with E-state index in [1.165, 1.54) is 70.6 Å². The van der Waals surface area contributed by atoms with Crippen LogP contribution in [0.25, 0.3) is 0 Å². The third kappa shape index (κ3) is 51.9. The van der Waals surface area contributed by atoms with E-state index in [0.717, 1.165) is 103 Å². The lowest BCUT2D eigenvalue weighted by atomic mass is 10.0. The Labute approximate surface area is 422 Å². The van der Waals surface area contributed by atoms with Gasteiger partial charge in [-0.1, -0.05) is 214 Å². The first-order valence-corrected chi connectivity index (χ1v) is 27.4. The molecular formula is C60H101NO8. The van der Waals surface area contributed by atoms with Crippen LogP contribution in [0.15, 0.2) is 97.2 Å². The van der Waals surface area contributed by atoms with E-state index in [0.29, 0.717) is 17.4 Å². The summed E-state index contributed by atoms with van der Waals surface area (Å²) in [7, 11) is 5.90. The number of carbonyl (C=O) groups is 3. The molecule has 0 aromatic heterocycles. The number of carboxylic acids is 1. The van der Waals surface area contributed by atoms with Crippen LogP contribution in [0.3, 0.4) is 0 Å². The smallest absolute Gasteiger partial charge is 0.306 e. The minimum absolute atomic E-state index is 0.145. The standard InChI is InChI=1S/C60H101NO8/c1-6-8-10-12-13-14-15-16-17-18-19-20-21-22-23-24-25-26-27-28-29-30-31-32-33-34-35-36-37-38-39-40-41-42-43-44-45-47-49-51-58(63)69-56(54-67-57(62)50-48-46-11-9-7-2)55-68-60(59(64)65)66-53-52-61(3,4)5/h8,10,13-14,16-17,19-20,22-23,25-26,28-29,31-32,56,60H,6-7,9,11-12,15,18,21,24,27,30,33-55H2,1-5H3/b10-8-,14-13-,17-16-,20-19-,23-22-,26-25-,29-28-,32-31-. The summed E-state index contributed by atoms with van der Waals surface area (Å²) in [5.41, 5.74) is 0. The molecule has 394 valence electrons. The number of quaternary nitrogens is 1. The van der Waals surface area contributed by atoms with Crippen molar-refractivity contribution in [2.24, 2.45) is 0 Å². The Morgan fingerprint density at radius 2 is 0.826 bits per heavy atom. The summed E-state index contributed by atoms with van der Waals surface area (Å²) in [4.78, 5) is 36.7. The topological polar surface area (TPSA) is 111 Å². The number of esters is 2. The summed E-state index contributed by atoms with van der Waals surface area (Å²) in [6.07, 6.45) is 65.2. The van der Waals surface area contributed by atoms with Gasteiger partial charge in [-0.2, -0.15) is 0 Å². The van der Waals surface area contributed by atoms with Crippen molar-refractivity contribution in [3.8, 4) is 0 Å². The van der Waals surface area contributed by atoms with Gasteiger partial charge in [-0.3, -0.25) is 9.59 Å². The van der Waals surface area contributed by atoms with Crippen molar-refractivity contribution in [3.63, 3.8) is 0 Å². The highest BCUT2D eigenvalue weighted by Gasteiger charge is 2.22. The first-order valence-electron chi connectivity index (χ1n) is 27.4. The zero-order chi connectivity index (χ0) is 50.6. The maximum atomic E-state index is 12.7. The lowest BCUT2D eigenvalue weighted by Gasteiger charge is -2.26. The molecule has 2 unspecified atom stereocenters. The predicted octanol–water partition coefficient (Wildman–Crippen LogP) is 14.4. The summed E-state index contributed by atoms with van der Waals surface area (Å²) < 4.78 is 22.4. The van der Waals surface area contributed by atoms with Crippen molar-refractivity contribution < 1.29 is 42.9 Å². The molecule has 9 nitrogen and oxygen atoms in total. The molecule has 0 bridgehead atoms. The van der Waals surface area contributed by atoms with E-state index in [4.69, 9.17) is 18.9 Å². The summed E-state index contributed by atoms with van der Waals surface area (Å²) in [5.74, 6) is -2.30. The number of aliphatic carboxylic acids is 1. The van der Waals surface area contributed by atoms with Crippen LogP contribution in [0.1, 0.15) is 206 Å². The van der Waals surface area contributed by atoms with Crippen LogP contribution in [0.5, 0.6) is 0 Å². The van der Waals surface area contributed by atoms with E-state index in [1.807, 2.05) is 21.1 Å². The Bertz CT molecular complexity index is 1450. The second kappa shape index (κ2) is 50.6. The van der Waals surface area contributed by atoms with Gasteiger partial charge in [-0.05, 0) is 77.0 Å². The van der Waals surface area contributed by atoms with Crippen LogP contribution in [0, 0.1) is 0 Å². The fraction of sp³-hybridized carbons (Fsp3) is 0.683. The van der Waals surface area contributed by atoms with Crippen LogP contribution >= 0.6 is 0 Å². The third-order valence-corrected chi connectivity index (χ3v) is 11.3. The molecule has 0 aromatic rings. The normalized spacial score (nSPS) is 13.6. The van der Waals surface area contributed by atoms with Gasteiger partial charge in [0.1, 0.15) is 13.2 Å². The monoisotopic (exact) mass is 964 g/mol. The zero-order valence-corrected chi connectivity index (χ0v) is 44.6. The van der Waals surface area contributed by atoms with E-state index in [1.54, 1.807) is 0 Å². The van der Waals surface area contributed by atoms with E-state index < -0.39 is 24.3 Å². The van der Waals surface area contributed by atoms with Gasteiger partial charge >= 0.3 is 11.9 Å². The third-order valence-electron chi connectivity index (χ3n) is 11.3. The number of allylic oxidation sites excluding steroid dienone is 16. The number of likely N-dealkylation sites (N-methyl/N-ethyl adjacent to an activating group) is 1. The molecule has 69 heavy (non-hydrogen) atoms. The molecule has 0 aliphatic carbocycles. The average Bonchev–Trinajstić information content (AvgIpc) is 3.31. The number of carboxylic acid groups (broad SMARTS) is 1. The van der Waals surface area contributed by atoms with E-state index >= 15 is 0 Å². The number of hydrogen-bond donors (Lipinski definition) is 0. The fourth-order valence-electron chi connectivity index (χ4n) is 7.14. The van der Waals surface area contributed by atoms with Crippen LogP contribution in [-0.2, 0) is 33.3 Å². The maximum Gasteiger partial charge on any atom is 0.306 e. The van der Waals surface area contributed by atoms with Gasteiger partial charge in [0.25, 0.3) is 0 Å². The molecule has 0 amide bonds. The molecule has 0 saturated heterocycles. The van der Waals surface area contributed by atoms with Gasteiger partial charge in [0.15, 0.2) is 12.4 Å². The number of nitrogens with zero attached hydrogens (tertiary/aromatic N) is 1.